The number of fused-ring (bicyclic) bond motifs is 1. The van der Waals surface area contributed by atoms with Crippen LogP contribution in [0.1, 0.15) is 12.6 Å². The first-order valence-corrected chi connectivity index (χ1v) is 8.77. The highest BCUT2D eigenvalue weighted by atomic mass is 32.2. The lowest BCUT2D eigenvalue weighted by Gasteiger charge is -2.07. The van der Waals surface area contributed by atoms with E-state index in [1.54, 1.807) is 14.0 Å². The summed E-state index contributed by atoms with van der Waals surface area (Å²) in [5, 5.41) is 5.05. The van der Waals surface area contributed by atoms with E-state index in [-0.39, 0.29) is 5.75 Å². The van der Waals surface area contributed by atoms with Crippen molar-refractivity contribution in [2.24, 2.45) is 0 Å². The third kappa shape index (κ3) is 3.48. The van der Waals surface area contributed by atoms with Gasteiger partial charge in [0, 0.05) is 31.2 Å². The Morgan fingerprint density at radius 1 is 1.50 bits per heavy atom. The van der Waals surface area contributed by atoms with E-state index in [1.165, 1.54) is 11.3 Å². The zero-order chi connectivity index (χ0) is 14.6. The molecule has 2 N–H and O–H groups in total. The Kier molecular flexibility index (Phi) is 4.97. The van der Waals surface area contributed by atoms with E-state index >= 15 is 0 Å². The number of hydrogen-bond donors (Lipinski definition) is 2. The second-order valence-electron chi connectivity index (χ2n) is 4.12. The van der Waals surface area contributed by atoms with Crippen molar-refractivity contribution in [3.63, 3.8) is 0 Å². The average molecular weight is 318 g/mol. The number of aromatic nitrogens is 2. The van der Waals surface area contributed by atoms with Gasteiger partial charge in [0.2, 0.25) is 15.9 Å². The Morgan fingerprint density at radius 3 is 3.00 bits per heavy atom. The number of methoxy groups -OCH3 is 1. The summed E-state index contributed by atoms with van der Waals surface area (Å²) in [6.07, 6.45) is 1.92. The van der Waals surface area contributed by atoms with Crippen LogP contribution < -0.4 is 14.8 Å². The van der Waals surface area contributed by atoms with E-state index in [1.807, 2.05) is 16.0 Å². The molecule has 0 fully saturated rings. The smallest absolute Gasteiger partial charge is 0.237 e. The van der Waals surface area contributed by atoms with Crippen LogP contribution in [0.2, 0.25) is 0 Å². The van der Waals surface area contributed by atoms with Crippen LogP contribution in [0.5, 0.6) is 5.88 Å². The standard InChI is InChI=1S/C11H18N4O3S2/c1-3-13-20(16,17)7-4-12-8-9-10(18-2)14-11-15(9)5-6-19-11/h5-6,12-13H,3-4,7-8H2,1-2H3. The summed E-state index contributed by atoms with van der Waals surface area (Å²) in [7, 11) is -1.61. The van der Waals surface area contributed by atoms with Gasteiger partial charge in [0.15, 0.2) is 4.96 Å². The van der Waals surface area contributed by atoms with Crippen LogP contribution in [0, 0.1) is 0 Å². The molecule has 0 spiro atoms. The summed E-state index contributed by atoms with van der Waals surface area (Å²) in [6.45, 7) is 3.04. The first kappa shape index (κ1) is 15.2. The van der Waals surface area contributed by atoms with Crippen LogP contribution in [0.25, 0.3) is 4.96 Å². The summed E-state index contributed by atoms with van der Waals surface area (Å²) < 4.78 is 32.6. The van der Waals surface area contributed by atoms with E-state index in [4.69, 9.17) is 4.74 Å². The van der Waals surface area contributed by atoms with E-state index in [0.717, 1.165) is 10.7 Å². The number of hydrogen-bond acceptors (Lipinski definition) is 6. The number of nitrogens with zero attached hydrogens (tertiary/aromatic N) is 2. The summed E-state index contributed by atoms with van der Waals surface area (Å²) >= 11 is 1.53. The van der Waals surface area contributed by atoms with Crippen LogP contribution >= 0.6 is 11.3 Å². The molecule has 0 atom stereocenters. The Balaban J connectivity index is 1.94. The quantitative estimate of drug-likeness (QED) is 0.690. The summed E-state index contributed by atoms with van der Waals surface area (Å²) in [6, 6.07) is 0. The Bertz CT molecular complexity index is 662. The van der Waals surface area contributed by atoms with Gasteiger partial charge in [0.1, 0.15) is 5.69 Å². The van der Waals surface area contributed by atoms with Crippen molar-refractivity contribution in [3.8, 4) is 5.88 Å². The van der Waals surface area contributed by atoms with Crippen molar-refractivity contribution < 1.29 is 13.2 Å². The molecule has 0 saturated heterocycles. The normalized spacial score (nSPS) is 12.1. The maximum Gasteiger partial charge on any atom is 0.237 e. The Hall–Kier alpha value is -1.16. The topological polar surface area (TPSA) is 84.7 Å². The maximum atomic E-state index is 11.5. The molecule has 2 rings (SSSR count). The number of ether oxygens (including phenoxy) is 1. The highest BCUT2D eigenvalue weighted by molar-refractivity contribution is 7.89. The molecule has 2 heterocycles. The first-order chi connectivity index (χ1) is 9.57. The molecular weight excluding hydrogens is 300 g/mol. The molecule has 20 heavy (non-hydrogen) atoms. The highest BCUT2D eigenvalue weighted by Crippen LogP contribution is 2.22. The van der Waals surface area contributed by atoms with Gasteiger partial charge < -0.3 is 10.1 Å². The second kappa shape index (κ2) is 6.53. The van der Waals surface area contributed by atoms with Gasteiger partial charge in [0.25, 0.3) is 0 Å². The van der Waals surface area contributed by atoms with Gasteiger partial charge in [-0.25, -0.2) is 13.1 Å². The van der Waals surface area contributed by atoms with Gasteiger partial charge in [-0.2, -0.15) is 4.98 Å². The lowest BCUT2D eigenvalue weighted by Crippen LogP contribution is -2.31. The van der Waals surface area contributed by atoms with E-state index in [0.29, 0.717) is 25.5 Å². The molecule has 0 aliphatic carbocycles. The van der Waals surface area contributed by atoms with Crippen LogP contribution in [0.3, 0.4) is 0 Å². The minimum atomic E-state index is -3.18. The third-order valence-electron chi connectivity index (χ3n) is 2.72. The molecule has 2 aromatic rings. The number of rotatable bonds is 8. The number of imidazole rings is 1. The first-order valence-electron chi connectivity index (χ1n) is 6.24. The van der Waals surface area contributed by atoms with Crippen molar-refractivity contribution in [2.75, 3.05) is 26.0 Å². The molecule has 0 aliphatic heterocycles. The van der Waals surface area contributed by atoms with Gasteiger partial charge in [-0.15, -0.1) is 11.3 Å². The fourth-order valence-electron chi connectivity index (χ4n) is 1.84. The van der Waals surface area contributed by atoms with E-state index < -0.39 is 10.0 Å². The van der Waals surface area contributed by atoms with Crippen molar-refractivity contribution in [1.82, 2.24) is 19.4 Å². The number of sulfonamides is 1. The molecule has 0 bridgehead atoms. The lowest BCUT2D eigenvalue weighted by atomic mass is 10.4. The molecule has 0 saturated carbocycles. The average Bonchev–Trinajstić information content (AvgIpc) is 2.95. The molecule has 0 unspecified atom stereocenters. The molecule has 0 aliphatic rings. The van der Waals surface area contributed by atoms with Gasteiger partial charge >= 0.3 is 0 Å². The van der Waals surface area contributed by atoms with E-state index in [2.05, 4.69) is 15.0 Å². The molecule has 112 valence electrons. The predicted molar refractivity (Wildman–Crippen MR) is 78.8 cm³/mol. The van der Waals surface area contributed by atoms with E-state index in [9.17, 15) is 8.42 Å². The van der Waals surface area contributed by atoms with Gasteiger partial charge in [-0.3, -0.25) is 4.40 Å². The zero-order valence-corrected chi connectivity index (χ0v) is 13.1. The monoisotopic (exact) mass is 318 g/mol. The van der Waals surface area contributed by atoms with Crippen LogP contribution in [-0.2, 0) is 16.6 Å². The number of nitrogens with one attached hydrogen (secondary N) is 2. The fraction of sp³-hybridized carbons (Fsp3) is 0.545. The third-order valence-corrected chi connectivity index (χ3v) is 4.95. The summed E-state index contributed by atoms with van der Waals surface area (Å²) in [5.41, 5.74) is 0.893. The highest BCUT2D eigenvalue weighted by Gasteiger charge is 2.14. The van der Waals surface area contributed by atoms with Crippen molar-refractivity contribution in [3.05, 3.63) is 17.3 Å². The minimum absolute atomic E-state index is 0.0503. The molecular formula is C11H18N4O3S2. The van der Waals surface area contributed by atoms with Crippen molar-refractivity contribution >= 4 is 26.3 Å². The Morgan fingerprint density at radius 2 is 2.30 bits per heavy atom. The summed E-state index contributed by atoms with van der Waals surface area (Å²) in [5.74, 6) is 0.619. The molecule has 2 aromatic heterocycles. The van der Waals surface area contributed by atoms with Crippen LogP contribution in [-0.4, -0.2) is 43.8 Å². The van der Waals surface area contributed by atoms with Gasteiger partial charge in [-0.1, -0.05) is 6.92 Å². The van der Waals surface area contributed by atoms with Crippen LogP contribution in [0.15, 0.2) is 11.6 Å². The Labute approximate surface area is 122 Å². The van der Waals surface area contributed by atoms with Gasteiger partial charge in [0.05, 0.1) is 12.9 Å². The molecule has 7 nitrogen and oxygen atoms in total. The molecule has 0 radical (unpaired) electrons. The van der Waals surface area contributed by atoms with Crippen molar-refractivity contribution in [1.29, 1.82) is 0 Å². The predicted octanol–water partition coefficient (Wildman–Crippen LogP) is 0.433. The van der Waals surface area contributed by atoms with Crippen LogP contribution in [0.4, 0.5) is 0 Å². The fourth-order valence-corrected chi connectivity index (χ4v) is 3.56. The second-order valence-corrected chi connectivity index (χ2v) is 6.92. The largest absolute Gasteiger partial charge is 0.480 e. The minimum Gasteiger partial charge on any atom is -0.480 e. The van der Waals surface area contributed by atoms with Crippen molar-refractivity contribution in [2.45, 2.75) is 13.5 Å². The molecule has 0 aromatic carbocycles. The maximum absolute atomic E-state index is 11.5. The molecule has 0 amide bonds. The SMILES string of the molecule is CCNS(=O)(=O)CCNCc1c(OC)nc2sccn12. The lowest BCUT2D eigenvalue weighted by molar-refractivity contribution is 0.393. The summed E-state index contributed by atoms with van der Waals surface area (Å²) in [4.78, 5) is 5.20. The molecule has 9 heteroatoms. The van der Waals surface area contributed by atoms with Gasteiger partial charge in [-0.05, 0) is 0 Å². The zero-order valence-electron chi connectivity index (χ0n) is 11.4. The number of thiazole rings is 1.